The first-order valence-corrected chi connectivity index (χ1v) is 10.6. The van der Waals surface area contributed by atoms with Crippen molar-refractivity contribution >= 4 is 29.1 Å². The van der Waals surface area contributed by atoms with Gasteiger partial charge in [0.25, 0.3) is 5.91 Å². The van der Waals surface area contributed by atoms with Gasteiger partial charge in [-0.25, -0.2) is 9.31 Å². The third-order valence-corrected chi connectivity index (χ3v) is 6.81. The van der Waals surface area contributed by atoms with Crippen LogP contribution in [0.15, 0.2) is 12.1 Å². The Hall–Kier alpha value is -2.53. The van der Waals surface area contributed by atoms with Crippen LogP contribution in [0, 0.1) is 0 Å². The summed E-state index contributed by atoms with van der Waals surface area (Å²) < 4.78 is 47.1. The Morgan fingerprint density at radius 3 is 2.62 bits per heavy atom. The van der Waals surface area contributed by atoms with Crippen LogP contribution in [0.3, 0.4) is 0 Å². The van der Waals surface area contributed by atoms with Crippen LogP contribution in [-0.4, -0.2) is 74.9 Å². The highest BCUT2D eigenvalue weighted by atomic mass is 35.5. The van der Waals surface area contributed by atoms with Crippen LogP contribution < -0.4 is 0 Å². The molecule has 5 rings (SSSR count). The van der Waals surface area contributed by atoms with Crippen LogP contribution in [0.1, 0.15) is 46.9 Å². The molecular formula is C20H20ClF3N4O4. The number of likely N-dealkylation sites (tertiary alicyclic amines) is 1. The third kappa shape index (κ3) is 3.29. The van der Waals surface area contributed by atoms with Gasteiger partial charge in [-0.3, -0.25) is 4.79 Å². The van der Waals surface area contributed by atoms with E-state index in [-0.39, 0.29) is 48.2 Å². The van der Waals surface area contributed by atoms with Gasteiger partial charge >= 0.3 is 12.3 Å². The molecule has 1 saturated carbocycles. The van der Waals surface area contributed by atoms with E-state index >= 15 is 0 Å². The summed E-state index contributed by atoms with van der Waals surface area (Å²) in [6, 6.07) is 2.61. The summed E-state index contributed by atoms with van der Waals surface area (Å²) in [5, 5.41) is 14.4. The van der Waals surface area contributed by atoms with E-state index in [1.54, 1.807) is 13.1 Å². The number of fused-ring (bicyclic) bond motifs is 1. The van der Waals surface area contributed by atoms with E-state index in [9.17, 15) is 27.9 Å². The van der Waals surface area contributed by atoms with E-state index in [0.29, 0.717) is 10.1 Å². The average Bonchev–Trinajstić information content (AvgIpc) is 3.46. The number of aliphatic hydroxyl groups is 1. The van der Waals surface area contributed by atoms with E-state index in [2.05, 4.69) is 5.10 Å². The summed E-state index contributed by atoms with van der Waals surface area (Å²) in [5.41, 5.74) is -1.88. The fraction of sp³-hybridized carbons (Fsp3) is 0.550. The standard InChI is InChI=1S/C20H20ClF3N4O4/c1-26-9-19(32-18(26)31)4-5-27(8-14(19)29)17(30)16-15(21)12-6-11(10-2-3-10)7-13(20(22,23)24)28(12)25-16/h6-7,10,14,29H,2-5,8-9H2,1H3/t14-,19+/m1/s1. The minimum atomic E-state index is -4.68. The topological polar surface area (TPSA) is 87.4 Å². The molecule has 0 bridgehead atoms. The van der Waals surface area contributed by atoms with Crippen LogP contribution in [0.4, 0.5) is 18.0 Å². The molecule has 2 atom stereocenters. The summed E-state index contributed by atoms with van der Waals surface area (Å²) in [4.78, 5) is 27.5. The van der Waals surface area contributed by atoms with Gasteiger partial charge in [0.1, 0.15) is 11.8 Å². The number of alkyl halides is 3. The summed E-state index contributed by atoms with van der Waals surface area (Å²) in [5.74, 6) is -0.640. The summed E-state index contributed by atoms with van der Waals surface area (Å²) in [7, 11) is 1.55. The number of carbonyl (C=O) groups is 2. The maximum atomic E-state index is 13.7. The monoisotopic (exact) mass is 472 g/mol. The third-order valence-electron chi connectivity index (χ3n) is 6.44. The molecule has 3 fully saturated rings. The number of likely N-dealkylation sites (N-methyl/N-ethyl adjacent to an activating group) is 1. The molecule has 0 unspecified atom stereocenters. The number of β-amino-alcohol motifs (C(OH)–C–C–N with tert-alkyl or cyclic N) is 1. The molecule has 0 aromatic carbocycles. The van der Waals surface area contributed by atoms with Gasteiger partial charge in [0.2, 0.25) is 0 Å². The lowest BCUT2D eigenvalue weighted by molar-refractivity contribution is -0.142. The van der Waals surface area contributed by atoms with Crippen molar-refractivity contribution in [1.29, 1.82) is 0 Å². The number of hydrogen-bond acceptors (Lipinski definition) is 5. The summed E-state index contributed by atoms with van der Waals surface area (Å²) in [6.07, 6.45) is -4.60. The highest BCUT2D eigenvalue weighted by molar-refractivity contribution is 6.36. The van der Waals surface area contributed by atoms with Crippen LogP contribution in [-0.2, 0) is 10.9 Å². The van der Waals surface area contributed by atoms with Crippen LogP contribution >= 0.6 is 11.6 Å². The molecule has 2 aromatic rings. The van der Waals surface area contributed by atoms with Crippen LogP contribution in [0.25, 0.3) is 5.52 Å². The van der Waals surface area contributed by atoms with Crippen molar-refractivity contribution in [2.24, 2.45) is 0 Å². The smallest absolute Gasteiger partial charge is 0.433 e. The Labute approximate surface area is 185 Å². The highest BCUT2D eigenvalue weighted by Gasteiger charge is 2.52. The Morgan fingerprint density at radius 1 is 1.34 bits per heavy atom. The van der Waals surface area contributed by atoms with Gasteiger partial charge < -0.3 is 19.6 Å². The fourth-order valence-corrected chi connectivity index (χ4v) is 4.73. The van der Waals surface area contributed by atoms with E-state index in [4.69, 9.17) is 16.3 Å². The molecule has 0 radical (unpaired) electrons. The molecule has 4 heterocycles. The van der Waals surface area contributed by atoms with Gasteiger partial charge in [0.05, 0.1) is 23.6 Å². The zero-order valence-corrected chi connectivity index (χ0v) is 17.8. The number of nitrogens with zero attached hydrogens (tertiary/aromatic N) is 4. The van der Waals surface area contributed by atoms with Gasteiger partial charge in [-0.15, -0.1) is 0 Å². The van der Waals surface area contributed by atoms with Gasteiger partial charge in [-0.1, -0.05) is 11.6 Å². The number of hydrogen-bond donors (Lipinski definition) is 1. The molecule has 2 saturated heterocycles. The average molecular weight is 473 g/mol. The second-order valence-corrected chi connectivity index (χ2v) is 9.09. The maximum absolute atomic E-state index is 13.7. The SMILES string of the molecule is CN1C[C@]2(CCN(C(=O)c3nn4c(C(F)(F)F)cc(C5CC5)cc4c3Cl)C[C@H]2O)OC1=O. The molecule has 1 N–H and O–H groups in total. The number of rotatable bonds is 2. The number of piperidine rings is 1. The zero-order chi connectivity index (χ0) is 23.0. The largest absolute Gasteiger partial charge is 0.438 e. The van der Waals surface area contributed by atoms with Crippen molar-refractivity contribution in [3.05, 3.63) is 34.1 Å². The Balaban J connectivity index is 1.47. The van der Waals surface area contributed by atoms with E-state index in [1.165, 1.54) is 9.80 Å². The minimum Gasteiger partial charge on any atom is -0.438 e. The van der Waals surface area contributed by atoms with Gasteiger partial charge in [0.15, 0.2) is 11.3 Å². The molecule has 32 heavy (non-hydrogen) atoms. The molecule has 1 aliphatic carbocycles. The molecule has 2 aliphatic heterocycles. The quantitative estimate of drug-likeness (QED) is 0.726. The molecule has 2 aromatic heterocycles. The molecule has 8 nitrogen and oxygen atoms in total. The lowest BCUT2D eigenvalue weighted by atomic mass is 9.88. The predicted octanol–water partition coefficient (Wildman–Crippen LogP) is 2.91. The number of carbonyl (C=O) groups excluding carboxylic acids is 2. The molecule has 2 amide bonds. The summed E-state index contributed by atoms with van der Waals surface area (Å²) in [6.45, 7) is 0.146. The second-order valence-electron chi connectivity index (χ2n) is 8.71. The Morgan fingerprint density at radius 2 is 2.06 bits per heavy atom. The van der Waals surface area contributed by atoms with Crippen molar-refractivity contribution in [3.8, 4) is 0 Å². The first-order chi connectivity index (χ1) is 15.0. The molecular weight excluding hydrogens is 453 g/mol. The van der Waals surface area contributed by atoms with E-state index < -0.39 is 35.6 Å². The number of halogens is 4. The zero-order valence-electron chi connectivity index (χ0n) is 17.0. The van der Waals surface area contributed by atoms with Crippen LogP contribution in [0.2, 0.25) is 5.02 Å². The van der Waals surface area contributed by atoms with E-state index in [1.807, 2.05) is 0 Å². The lowest BCUT2D eigenvalue weighted by Gasteiger charge is -2.41. The minimum absolute atomic E-state index is 0.0205. The van der Waals surface area contributed by atoms with E-state index in [0.717, 1.165) is 18.9 Å². The molecule has 172 valence electrons. The predicted molar refractivity (Wildman–Crippen MR) is 106 cm³/mol. The fourth-order valence-electron chi connectivity index (χ4n) is 4.47. The number of aromatic nitrogens is 2. The number of aliphatic hydroxyl groups excluding tert-OH is 1. The van der Waals surface area contributed by atoms with Crippen molar-refractivity contribution in [2.45, 2.75) is 43.1 Å². The Bertz CT molecular complexity index is 1130. The second kappa shape index (κ2) is 6.98. The number of ether oxygens (including phenoxy) is 1. The van der Waals surface area contributed by atoms with Gasteiger partial charge in [-0.05, 0) is 36.5 Å². The number of pyridine rings is 1. The maximum Gasteiger partial charge on any atom is 0.433 e. The first kappa shape index (κ1) is 21.3. The van der Waals surface area contributed by atoms with Crippen molar-refractivity contribution < 1.29 is 32.6 Å². The van der Waals surface area contributed by atoms with Crippen molar-refractivity contribution in [3.63, 3.8) is 0 Å². The lowest BCUT2D eigenvalue weighted by Crippen LogP contribution is -2.58. The molecule has 12 heteroatoms. The van der Waals surface area contributed by atoms with Crippen molar-refractivity contribution in [2.75, 3.05) is 26.7 Å². The van der Waals surface area contributed by atoms with Crippen LogP contribution in [0.5, 0.6) is 0 Å². The van der Waals surface area contributed by atoms with Crippen molar-refractivity contribution in [1.82, 2.24) is 19.4 Å². The Kier molecular flexibility index (Phi) is 4.65. The summed E-state index contributed by atoms with van der Waals surface area (Å²) >= 11 is 6.35. The van der Waals surface area contributed by atoms with Gasteiger partial charge in [0, 0.05) is 20.0 Å². The molecule has 3 aliphatic rings. The number of amides is 2. The highest BCUT2D eigenvalue weighted by Crippen LogP contribution is 2.43. The normalized spacial score (nSPS) is 26.3. The molecule has 1 spiro atoms. The van der Waals surface area contributed by atoms with Gasteiger partial charge in [-0.2, -0.15) is 18.3 Å². The first-order valence-electron chi connectivity index (χ1n) is 10.2.